The van der Waals surface area contributed by atoms with Crippen molar-refractivity contribution < 1.29 is 9.90 Å². The molecule has 5 heteroatoms. The van der Waals surface area contributed by atoms with Crippen LogP contribution in [0, 0.1) is 12.8 Å². The monoisotopic (exact) mass is 325 g/mol. The van der Waals surface area contributed by atoms with E-state index in [1.165, 1.54) is 0 Å². The number of rotatable bonds is 4. The minimum Gasteiger partial charge on any atom is -0.396 e. The van der Waals surface area contributed by atoms with E-state index in [2.05, 4.69) is 15.2 Å². The first-order chi connectivity index (χ1) is 11.7. The Kier molecular flexibility index (Phi) is 5.11. The zero-order valence-corrected chi connectivity index (χ0v) is 13.9. The molecule has 1 aromatic heterocycles. The third-order valence-corrected chi connectivity index (χ3v) is 4.52. The lowest BCUT2D eigenvalue weighted by Crippen LogP contribution is -2.35. The number of pyridine rings is 1. The standard InChI is InChI=1S/C19H23N3O2/c1-14-4-6-16(7-5-14)19(24)21-17-3-2-10-20-18(17)22-11-8-15(13-23)9-12-22/h2-7,10,15,23H,8-9,11-13H2,1H3,(H,21,24). The summed E-state index contributed by atoms with van der Waals surface area (Å²) in [7, 11) is 0. The van der Waals surface area contributed by atoms with Crippen molar-refractivity contribution in [2.45, 2.75) is 19.8 Å². The predicted molar refractivity (Wildman–Crippen MR) is 95.4 cm³/mol. The van der Waals surface area contributed by atoms with Crippen molar-refractivity contribution in [3.8, 4) is 0 Å². The number of carbonyl (C=O) groups excluding carboxylic acids is 1. The van der Waals surface area contributed by atoms with Gasteiger partial charge in [0.05, 0.1) is 5.69 Å². The number of aliphatic hydroxyl groups is 1. The second-order valence-electron chi connectivity index (χ2n) is 6.31. The number of anilines is 2. The fourth-order valence-electron chi connectivity index (χ4n) is 2.97. The highest BCUT2D eigenvalue weighted by molar-refractivity contribution is 6.05. The predicted octanol–water partition coefficient (Wildman–Crippen LogP) is 2.85. The quantitative estimate of drug-likeness (QED) is 0.907. The van der Waals surface area contributed by atoms with Gasteiger partial charge in [-0.1, -0.05) is 17.7 Å². The Bertz CT molecular complexity index is 692. The topological polar surface area (TPSA) is 65.5 Å². The van der Waals surface area contributed by atoms with Crippen LogP contribution in [0.5, 0.6) is 0 Å². The molecule has 0 aliphatic carbocycles. The summed E-state index contributed by atoms with van der Waals surface area (Å²) in [6.45, 7) is 3.93. The van der Waals surface area contributed by atoms with Crippen LogP contribution in [-0.4, -0.2) is 35.7 Å². The number of amides is 1. The summed E-state index contributed by atoms with van der Waals surface area (Å²) in [6, 6.07) is 11.2. The minimum absolute atomic E-state index is 0.130. The molecule has 2 heterocycles. The van der Waals surface area contributed by atoms with E-state index in [4.69, 9.17) is 0 Å². The number of hydrogen-bond acceptors (Lipinski definition) is 4. The Morgan fingerprint density at radius 2 is 1.96 bits per heavy atom. The third-order valence-electron chi connectivity index (χ3n) is 4.52. The fraction of sp³-hybridized carbons (Fsp3) is 0.368. The van der Waals surface area contributed by atoms with Gasteiger partial charge in [0.1, 0.15) is 0 Å². The summed E-state index contributed by atoms with van der Waals surface area (Å²) in [5.41, 5.74) is 2.49. The van der Waals surface area contributed by atoms with E-state index < -0.39 is 0 Å². The van der Waals surface area contributed by atoms with E-state index in [0.717, 1.165) is 43.0 Å². The van der Waals surface area contributed by atoms with Gasteiger partial charge >= 0.3 is 0 Å². The molecule has 1 aliphatic rings. The smallest absolute Gasteiger partial charge is 0.255 e. The normalized spacial score (nSPS) is 15.3. The highest BCUT2D eigenvalue weighted by Crippen LogP contribution is 2.27. The van der Waals surface area contributed by atoms with Crippen molar-refractivity contribution in [2.24, 2.45) is 5.92 Å². The molecule has 1 aliphatic heterocycles. The number of aliphatic hydroxyl groups excluding tert-OH is 1. The molecule has 3 rings (SSSR count). The molecule has 0 saturated carbocycles. The number of carbonyl (C=O) groups is 1. The lowest BCUT2D eigenvalue weighted by molar-refractivity contribution is 0.102. The third kappa shape index (κ3) is 3.74. The van der Waals surface area contributed by atoms with Crippen molar-refractivity contribution in [1.82, 2.24) is 4.98 Å². The van der Waals surface area contributed by atoms with Gasteiger partial charge in [-0.2, -0.15) is 0 Å². The lowest BCUT2D eigenvalue weighted by Gasteiger charge is -2.33. The fourth-order valence-corrected chi connectivity index (χ4v) is 2.97. The molecular formula is C19H23N3O2. The second-order valence-corrected chi connectivity index (χ2v) is 6.31. The SMILES string of the molecule is Cc1ccc(C(=O)Nc2cccnc2N2CCC(CO)CC2)cc1. The van der Waals surface area contributed by atoms with E-state index in [1.54, 1.807) is 6.20 Å². The van der Waals surface area contributed by atoms with Gasteiger partial charge in [-0.25, -0.2) is 4.98 Å². The van der Waals surface area contributed by atoms with Crippen LogP contribution in [0.1, 0.15) is 28.8 Å². The van der Waals surface area contributed by atoms with E-state index >= 15 is 0 Å². The van der Waals surface area contributed by atoms with Crippen LogP contribution in [0.4, 0.5) is 11.5 Å². The Morgan fingerprint density at radius 3 is 2.62 bits per heavy atom. The maximum absolute atomic E-state index is 12.5. The Labute approximate surface area is 142 Å². The van der Waals surface area contributed by atoms with Gasteiger partial charge in [-0.3, -0.25) is 4.79 Å². The molecule has 126 valence electrons. The van der Waals surface area contributed by atoms with Crippen molar-refractivity contribution in [1.29, 1.82) is 0 Å². The van der Waals surface area contributed by atoms with Gasteiger partial charge in [0.2, 0.25) is 0 Å². The van der Waals surface area contributed by atoms with E-state index in [-0.39, 0.29) is 12.5 Å². The molecule has 5 nitrogen and oxygen atoms in total. The molecular weight excluding hydrogens is 302 g/mol. The molecule has 1 amide bonds. The average molecular weight is 325 g/mol. The molecule has 2 aromatic rings. The Hall–Kier alpha value is -2.40. The summed E-state index contributed by atoms with van der Waals surface area (Å²) in [5.74, 6) is 1.04. The Balaban J connectivity index is 1.74. The van der Waals surface area contributed by atoms with E-state index in [9.17, 15) is 9.90 Å². The first-order valence-electron chi connectivity index (χ1n) is 8.36. The molecule has 1 saturated heterocycles. The number of nitrogens with one attached hydrogen (secondary N) is 1. The highest BCUT2D eigenvalue weighted by atomic mass is 16.3. The van der Waals surface area contributed by atoms with Crippen molar-refractivity contribution in [2.75, 3.05) is 29.9 Å². The molecule has 0 bridgehead atoms. The highest BCUT2D eigenvalue weighted by Gasteiger charge is 2.22. The van der Waals surface area contributed by atoms with Gasteiger partial charge in [0.15, 0.2) is 5.82 Å². The zero-order valence-electron chi connectivity index (χ0n) is 13.9. The van der Waals surface area contributed by atoms with Gasteiger partial charge in [0, 0.05) is 31.5 Å². The zero-order chi connectivity index (χ0) is 16.9. The summed E-state index contributed by atoms with van der Waals surface area (Å²) >= 11 is 0. The molecule has 2 N–H and O–H groups in total. The first-order valence-corrected chi connectivity index (χ1v) is 8.36. The van der Waals surface area contributed by atoms with Crippen LogP contribution in [-0.2, 0) is 0 Å². The molecule has 0 radical (unpaired) electrons. The number of benzene rings is 1. The summed E-state index contributed by atoms with van der Waals surface area (Å²) < 4.78 is 0. The largest absolute Gasteiger partial charge is 0.396 e. The molecule has 0 atom stereocenters. The van der Waals surface area contributed by atoms with Crippen molar-refractivity contribution in [3.05, 3.63) is 53.7 Å². The Morgan fingerprint density at radius 1 is 1.25 bits per heavy atom. The maximum Gasteiger partial charge on any atom is 0.255 e. The van der Waals surface area contributed by atoms with Gasteiger partial charge in [-0.15, -0.1) is 0 Å². The van der Waals surface area contributed by atoms with Crippen LogP contribution in [0.25, 0.3) is 0 Å². The number of aromatic nitrogens is 1. The summed E-state index contributed by atoms with van der Waals surface area (Å²) in [4.78, 5) is 19.1. The molecule has 0 unspecified atom stereocenters. The lowest BCUT2D eigenvalue weighted by atomic mass is 9.98. The van der Waals surface area contributed by atoms with Crippen LogP contribution in [0.2, 0.25) is 0 Å². The average Bonchev–Trinajstić information content (AvgIpc) is 2.63. The molecule has 1 fully saturated rings. The molecule has 24 heavy (non-hydrogen) atoms. The van der Waals surface area contributed by atoms with Gasteiger partial charge < -0.3 is 15.3 Å². The van der Waals surface area contributed by atoms with E-state index in [1.807, 2.05) is 43.3 Å². The first kappa shape index (κ1) is 16.5. The van der Waals surface area contributed by atoms with Crippen molar-refractivity contribution in [3.63, 3.8) is 0 Å². The number of nitrogens with zero attached hydrogens (tertiary/aromatic N) is 2. The second kappa shape index (κ2) is 7.45. The maximum atomic E-state index is 12.5. The number of hydrogen-bond donors (Lipinski definition) is 2. The van der Waals surface area contributed by atoms with Crippen LogP contribution in [0.3, 0.4) is 0 Å². The van der Waals surface area contributed by atoms with Crippen molar-refractivity contribution >= 4 is 17.4 Å². The molecule has 0 spiro atoms. The van der Waals surface area contributed by atoms with E-state index in [0.29, 0.717) is 11.5 Å². The number of piperidine rings is 1. The molecule has 1 aromatic carbocycles. The summed E-state index contributed by atoms with van der Waals surface area (Å²) in [6.07, 6.45) is 3.63. The van der Waals surface area contributed by atoms with Crippen LogP contribution < -0.4 is 10.2 Å². The van der Waals surface area contributed by atoms with Gasteiger partial charge in [-0.05, 0) is 49.9 Å². The van der Waals surface area contributed by atoms with Gasteiger partial charge in [0.25, 0.3) is 5.91 Å². The van der Waals surface area contributed by atoms with Crippen LogP contribution in [0.15, 0.2) is 42.6 Å². The minimum atomic E-state index is -0.130. The number of aryl methyl sites for hydroxylation is 1. The van der Waals surface area contributed by atoms with Crippen LogP contribution >= 0.6 is 0 Å². The summed E-state index contributed by atoms with van der Waals surface area (Å²) in [5, 5.41) is 12.3.